The predicted octanol–water partition coefficient (Wildman–Crippen LogP) is 6.04. The van der Waals surface area contributed by atoms with Gasteiger partial charge in [0, 0.05) is 23.2 Å². The molecule has 0 aliphatic heterocycles. The van der Waals surface area contributed by atoms with Crippen LogP contribution in [0.2, 0.25) is 5.02 Å². The van der Waals surface area contributed by atoms with Crippen LogP contribution in [-0.2, 0) is 19.6 Å². The maximum atomic E-state index is 6.14. The molecule has 0 spiro atoms. The largest absolute Gasteiger partial charge is 0.493 e. The second kappa shape index (κ2) is 10.9. The third-order valence-electron chi connectivity index (χ3n) is 4.93. The molecular weight excluding hydrogens is 382 g/mol. The maximum absolute atomic E-state index is 6.14. The van der Waals surface area contributed by atoms with E-state index in [1.165, 1.54) is 5.56 Å². The van der Waals surface area contributed by atoms with Crippen LogP contribution in [0.25, 0.3) is 0 Å². The minimum Gasteiger partial charge on any atom is -0.493 e. The first kappa shape index (κ1) is 21.2. The predicted molar refractivity (Wildman–Crippen MR) is 120 cm³/mol. The molecule has 0 aliphatic rings. The van der Waals surface area contributed by atoms with Gasteiger partial charge in [-0.25, -0.2) is 0 Å². The molecule has 3 aromatic rings. The third kappa shape index (κ3) is 6.52. The van der Waals surface area contributed by atoms with Crippen LogP contribution >= 0.6 is 11.6 Å². The van der Waals surface area contributed by atoms with E-state index in [-0.39, 0.29) is 0 Å². The van der Waals surface area contributed by atoms with E-state index in [2.05, 4.69) is 48.6 Å². The summed E-state index contributed by atoms with van der Waals surface area (Å²) in [5.41, 5.74) is 3.52. The molecule has 4 heteroatoms. The van der Waals surface area contributed by atoms with Gasteiger partial charge in [-0.3, -0.25) is 0 Å². The average Bonchev–Trinajstić information content (AvgIpc) is 2.76. The Hall–Kier alpha value is -2.49. The highest BCUT2D eigenvalue weighted by Crippen LogP contribution is 2.32. The van der Waals surface area contributed by atoms with Crippen LogP contribution in [0.5, 0.6) is 11.5 Å². The number of halogens is 1. The summed E-state index contributed by atoms with van der Waals surface area (Å²) in [6, 6.07) is 24.7. The molecule has 0 radical (unpaired) electrons. The van der Waals surface area contributed by atoms with Crippen molar-refractivity contribution in [3.63, 3.8) is 0 Å². The van der Waals surface area contributed by atoms with Crippen molar-refractivity contribution in [2.75, 3.05) is 7.11 Å². The van der Waals surface area contributed by atoms with Gasteiger partial charge >= 0.3 is 0 Å². The zero-order valence-electron chi connectivity index (χ0n) is 17.0. The second-order valence-corrected chi connectivity index (χ2v) is 7.61. The van der Waals surface area contributed by atoms with Gasteiger partial charge < -0.3 is 14.8 Å². The van der Waals surface area contributed by atoms with Crippen molar-refractivity contribution in [1.82, 2.24) is 5.32 Å². The molecule has 0 amide bonds. The highest BCUT2D eigenvalue weighted by Gasteiger charge is 2.12. The van der Waals surface area contributed by atoms with Gasteiger partial charge in [0.2, 0.25) is 0 Å². The van der Waals surface area contributed by atoms with Crippen LogP contribution in [0, 0.1) is 0 Å². The fraction of sp³-hybridized carbons (Fsp3) is 0.280. The molecule has 3 nitrogen and oxygen atoms in total. The summed E-state index contributed by atoms with van der Waals surface area (Å²) in [7, 11) is 1.67. The lowest BCUT2D eigenvalue weighted by Crippen LogP contribution is -2.26. The van der Waals surface area contributed by atoms with Crippen LogP contribution < -0.4 is 14.8 Å². The van der Waals surface area contributed by atoms with Crippen molar-refractivity contribution in [2.24, 2.45) is 0 Å². The Morgan fingerprint density at radius 2 is 1.66 bits per heavy atom. The summed E-state index contributed by atoms with van der Waals surface area (Å²) in [5, 5.41) is 4.34. The van der Waals surface area contributed by atoms with Gasteiger partial charge in [0.05, 0.1) is 7.11 Å². The van der Waals surface area contributed by atoms with E-state index in [1.54, 1.807) is 7.11 Å². The number of para-hydroxylation sites is 1. The average molecular weight is 410 g/mol. The van der Waals surface area contributed by atoms with Crippen molar-refractivity contribution in [3.8, 4) is 11.5 Å². The zero-order chi connectivity index (χ0) is 20.5. The normalized spacial score (nSPS) is 11.8. The van der Waals surface area contributed by atoms with Crippen molar-refractivity contribution >= 4 is 11.6 Å². The van der Waals surface area contributed by atoms with Crippen molar-refractivity contribution in [3.05, 3.63) is 94.5 Å². The Bertz CT molecular complexity index is 881. The fourth-order valence-electron chi connectivity index (χ4n) is 3.18. The number of methoxy groups -OCH3 is 1. The quantitative estimate of drug-likeness (QED) is 0.443. The van der Waals surface area contributed by atoms with Crippen LogP contribution in [0.4, 0.5) is 0 Å². The van der Waals surface area contributed by atoms with E-state index < -0.39 is 0 Å². The highest BCUT2D eigenvalue weighted by molar-refractivity contribution is 6.30. The Morgan fingerprint density at radius 1 is 0.897 bits per heavy atom. The molecule has 29 heavy (non-hydrogen) atoms. The molecule has 0 bridgehead atoms. The number of hydrogen-bond acceptors (Lipinski definition) is 3. The lowest BCUT2D eigenvalue weighted by molar-refractivity contribution is 0.280. The first-order valence-corrected chi connectivity index (χ1v) is 10.3. The third-order valence-corrected chi connectivity index (χ3v) is 5.18. The van der Waals surface area contributed by atoms with Crippen molar-refractivity contribution in [1.29, 1.82) is 0 Å². The first-order chi connectivity index (χ1) is 14.2. The van der Waals surface area contributed by atoms with Crippen molar-refractivity contribution < 1.29 is 9.47 Å². The molecule has 1 N–H and O–H groups in total. The molecule has 3 rings (SSSR count). The summed E-state index contributed by atoms with van der Waals surface area (Å²) in [5.74, 6) is 1.53. The first-order valence-electron chi connectivity index (χ1n) is 9.96. The second-order valence-electron chi connectivity index (χ2n) is 7.17. The molecular formula is C25H28ClNO2. The van der Waals surface area contributed by atoms with E-state index in [9.17, 15) is 0 Å². The van der Waals surface area contributed by atoms with E-state index in [0.717, 1.165) is 47.0 Å². The van der Waals surface area contributed by atoms with Gasteiger partial charge in [-0.05, 0) is 49.1 Å². The summed E-state index contributed by atoms with van der Waals surface area (Å²) in [4.78, 5) is 0. The lowest BCUT2D eigenvalue weighted by Gasteiger charge is -2.18. The molecule has 0 aromatic heterocycles. The molecule has 0 fully saturated rings. The van der Waals surface area contributed by atoms with Gasteiger partial charge in [-0.15, -0.1) is 0 Å². The number of benzene rings is 3. The minimum absolute atomic E-state index is 0.394. The highest BCUT2D eigenvalue weighted by atomic mass is 35.5. The summed E-state index contributed by atoms with van der Waals surface area (Å²) < 4.78 is 11.7. The van der Waals surface area contributed by atoms with E-state index in [0.29, 0.717) is 12.6 Å². The van der Waals surface area contributed by atoms with E-state index in [4.69, 9.17) is 21.1 Å². The number of ether oxygens (including phenoxy) is 2. The van der Waals surface area contributed by atoms with Crippen LogP contribution in [0.1, 0.15) is 30.0 Å². The topological polar surface area (TPSA) is 30.5 Å². The standard InChI is InChI=1S/C25H28ClNO2/c1-19(11-12-20-7-4-3-5-8-20)27-17-22-9-6-10-24(28-2)25(22)29-18-21-13-15-23(26)16-14-21/h3-10,13-16,19,27H,11-12,17-18H2,1-2H3/t19-/m0/s1. The van der Waals surface area contributed by atoms with Crippen LogP contribution in [-0.4, -0.2) is 13.2 Å². The van der Waals surface area contributed by atoms with Gasteiger partial charge in [0.25, 0.3) is 0 Å². The number of nitrogens with one attached hydrogen (secondary N) is 1. The Balaban J connectivity index is 1.60. The van der Waals surface area contributed by atoms with Gasteiger partial charge in [-0.1, -0.05) is 66.2 Å². The zero-order valence-corrected chi connectivity index (χ0v) is 17.8. The van der Waals surface area contributed by atoms with Gasteiger partial charge in [-0.2, -0.15) is 0 Å². The monoisotopic (exact) mass is 409 g/mol. The molecule has 152 valence electrons. The smallest absolute Gasteiger partial charge is 0.166 e. The number of rotatable bonds is 10. The number of hydrogen-bond donors (Lipinski definition) is 1. The van der Waals surface area contributed by atoms with Gasteiger partial charge in [0.1, 0.15) is 6.61 Å². The molecule has 0 saturated carbocycles. The molecule has 0 heterocycles. The van der Waals surface area contributed by atoms with E-state index >= 15 is 0 Å². The minimum atomic E-state index is 0.394. The van der Waals surface area contributed by atoms with Crippen LogP contribution in [0.15, 0.2) is 72.8 Å². The van der Waals surface area contributed by atoms with E-state index in [1.807, 2.05) is 36.4 Å². The Kier molecular flexibility index (Phi) is 7.97. The number of aryl methyl sites for hydroxylation is 1. The summed E-state index contributed by atoms with van der Waals surface area (Å²) in [6.07, 6.45) is 2.14. The Labute approximate surface area is 178 Å². The molecule has 0 aliphatic carbocycles. The molecule has 3 aromatic carbocycles. The SMILES string of the molecule is COc1cccc(CN[C@@H](C)CCc2ccccc2)c1OCc1ccc(Cl)cc1. The molecule has 0 saturated heterocycles. The summed E-state index contributed by atoms with van der Waals surface area (Å²) >= 11 is 5.97. The van der Waals surface area contributed by atoms with Crippen LogP contribution in [0.3, 0.4) is 0 Å². The van der Waals surface area contributed by atoms with Crippen molar-refractivity contribution in [2.45, 2.75) is 39.0 Å². The Morgan fingerprint density at radius 3 is 2.38 bits per heavy atom. The molecule has 0 unspecified atom stereocenters. The fourth-order valence-corrected chi connectivity index (χ4v) is 3.30. The summed E-state index contributed by atoms with van der Waals surface area (Å²) in [6.45, 7) is 3.41. The van der Waals surface area contributed by atoms with Gasteiger partial charge in [0.15, 0.2) is 11.5 Å². The maximum Gasteiger partial charge on any atom is 0.166 e. The molecule has 1 atom stereocenters. The lowest BCUT2D eigenvalue weighted by atomic mass is 10.1.